The number of methoxy groups -OCH3 is 1. The van der Waals surface area contributed by atoms with Crippen LogP contribution in [-0.2, 0) is 9.53 Å². The first kappa shape index (κ1) is 21.6. The highest BCUT2D eigenvalue weighted by Gasteiger charge is 2.16. The summed E-state index contributed by atoms with van der Waals surface area (Å²) in [6.45, 7) is 5.67. The summed E-state index contributed by atoms with van der Waals surface area (Å²) in [6, 6.07) is 3.96. The summed E-state index contributed by atoms with van der Waals surface area (Å²) in [4.78, 5) is 33.7. The van der Waals surface area contributed by atoms with E-state index in [4.69, 9.17) is 9.47 Å². The van der Waals surface area contributed by atoms with Gasteiger partial charge in [0, 0.05) is 24.4 Å². The van der Waals surface area contributed by atoms with Crippen molar-refractivity contribution in [1.29, 1.82) is 0 Å². The second-order valence-corrected chi connectivity index (χ2v) is 7.28. The molecule has 0 aromatic heterocycles. The molecule has 1 aromatic rings. The molecule has 0 heterocycles. The van der Waals surface area contributed by atoms with Crippen LogP contribution in [0.15, 0.2) is 18.2 Å². The van der Waals surface area contributed by atoms with E-state index in [1.54, 1.807) is 20.8 Å². The first-order chi connectivity index (χ1) is 12.1. The number of carbonyl (C=O) groups is 2. The van der Waals surface area contributed by atoms with Gasteiger partial charge in [0.2, 0.25) is 5.91 Å². The fraction of sp³-hybridized carbons (Fsp3) is 0.500. The van der Waals surface area contributed by atoms with Gasteiger partial charge in [-0.3, -0.25) is 14.9 Å². The van der Waals surface area contributed by atoms with Gasteiger partial charge in [0.15, 0.2) is 0 Å². The predicted octanol–water partition coefficient (Wildman–Crippen LogP) is 2.80. The number of nitrogens with zero attached hydrogens (tertiary/aromatic N) is 1. The molecule has 0 radical (unpaired) electrons. The maximum Gasteiger partial charge on any atom is 0.407 e. The summed E-state index contributed by atoms with van der Waals surface area (Å²) < 4.78 is 10.2. The molecule has 2 amide bonds. The Bertz CT molecular complexity index is 660. The number of nitrogens with one attached hydrogen (secondary N) is 2. The number of anilines is 1. The Labute approximate surface area is 156 Å². The van der Waals surface area contributed by atoms with Crippen LogP contribution in [0.5, 0.6) is 5.75 Å². The molecule has 0 saturated heterocycles. The third kappa shape index (κ3) is 8.06. The summed E-state index contributed by atoms with van der Waals surface area (Å²) in [5.41, 5.74) is -0.469. The van der Waals surface area contributed by atoms with Gasteiger partial charge in [-0.15, -0.1) is 0 Å². The number of carbonyl (C=O) groups excluding carboxylic acids is 2. The molecule has 0 atom stereocenters. The SMILES string of the molecule is COc1ccc([N+](=O)[O-])cc1NC(=O)CSCCNC(=O)OC(C)(C)C. The number of hydrogen-bond donors (Lipinski definition) is 2. The zero-order valence-corrected chi connectivity index (χ0v) is 16.0. The Morgan fingerprint density at radius 2 is 2.00 bits per heavy atom. The fourth-order valence-corrected chi connectivity index (χ4v) is 2.45. The van der Waals surface area contributed by atoms with E-state index in [2.05, 4.69) is 10.6 Å². The van der Waals surface area contributed by atoms with Gasteiger partial charge in [0.05, 0.1) is 23.5 Å². The van der Waals surface area contributed by atoms with E-state index in [-0.39, 0.29) is 23.0 Å². The van der Waals surface area contributed by atoms with Gasteiger partial charge >= 0.3 is 6.09 Å². The average molecular weight is 385 g/mol. The summed E-state index contributed by atoms with van der Waals surface area (Å²) >= 11 is 1.31. The highest BCUT2D eigenvalue weighted by Crippen LogP contribution is 2.28. The lowest BCUT2D eigenvalue weighted by Crippen LogP contribution is -2.33. The van der Waals surface area contributed by atoms with Crippen LogP contribution < -0.4 is 15.4 Å². The van der Waals surface area contributed by atoms with Gasteiger partial charge in [0.1, 0.15) is 11.4 Å². The van der Waals surface area contributed by atoms with Crippen LogP contribution in [0.25, 0.3) is 0 Å². The minimum Gasteiger partial charge on any atom is -0.495 e. The molecular formula is C16H23N3O6S. The number of nitro benzene ring substituents is 1. The second-order valence-electron chi connectivity index (χ2n) is 6.17. The van der Waals surface area contributed by atoms with Crippen LogP contribution in [0.2, 0.25) is 0 Å². The van der Waals surface area contributed by atoms with Gasteiger partial charge in [-0.2, -0.15) is 11.8 Å². The smallest absolute Gasteiger partial charge is 0.407 e. The number of rotatable bonds is 8. The number of hydrogen-bond acceptors (Lipinski definition) is 7. The van der Waals surface area contributed by atoms with Gasteiger partial charge < -0.3 is 20.1 Å². The number of ether oxygens (including phenoxy) is 2. The molecule has 26 heavy (non-hydrogen) atoms. The Hall–Kier alpha value is -2.49. The molecule has 2 N–H and O–H groups in total. The van der Waals surface area contributed by atoms with E-state index >= 15 is 0 Å². The average Bonchev–Trinajstić information content (AvgIpc) is 2.52. The zero-order valence-electron chi connectivity index (χ0n) is 15.2. The van der Waals surface area contributed by atoms with E-state index in [0.29, 0.717) is 18.0 Å². The Morgan fingerprint density at radius 3 is 2.58 bits per heavy atom. The van der Waals surface area contributed by atoms with Crippen molar-refractivity contribution < 1.29 is 24.0 Å². The molecular weight excluding hydrogens is 362 g/mol. The van der Waals surface area contributed by atoms with Crippen molar-refractivity contribution in [1.82, 2.24) is 5.32 Å². The van der Waals surface area contributed by atoms with E-state index in [9.17, 15) is 19.7 Å². The van der Waals surface area contributed by atoms with Crippen molar-refractivity contribution in [3.63, 3.8) is 0 Å². The quantitative estimate of drug-likeness (QED) is 0.401. The van der Waals surface area contributed by atoms with Crippen LogP contribution >= 0.6 is 11.8 Å². The molecule has 0 bridgehead atoms. The van der Waals surface area contributed by atoms with Crippen molar-refractivity contribution >= 4 is 35.1 Å². The van der Waals surface area contributed by atoms with Gasteiger partial charge in [-0.1, -0.05) is 0 Å². The summed E-state index contributed by atoms with van der Waals surface area (Å²) in [7, 11) is 1.41. The van der Waals surface area contributed by atoms with E-state index in [0.717, 1.165) is 0 Å². The Kier molecular flexibility index (Phi) is 8.17. The maximum atomic E-state index is 12.0. The third-order valence-electron chi connectivity index (χ3n) is 2.82. The highest BCUT2D eigenvalue weighted by atomic mass is 32.2. The first-order valence-electron chi connectivity index (χ1n) is 7.79. The normalized spacial score (nSPS) is 10.8. The maximum absolute atomic E-state index is 12.0. The zero-order chi connectivity index (χ0) is 19.7. The summed E-state index contributed by atoms with van der Waals surface area (Å²) in [6.07, 6.45) is -0.510. The predicted molar refractivity (Wildman–Crippen MR) is 99.8 cm³/mol. The summed E-state index contributed by atoms with van der Waals surface area (Å²) in [5, 5.41) is 16.0. The summed E-state index contributed by atoms with van der Waals surface area (Å²) in [5.74, 6) is 0.646. The van der Waals surface area contributed by atoms with Gasteiger partial charge in [-0.25, -0.2) is 4.79 Å². The third-order valence-corrected chi connectivity index (χ3v) is 3.77. The minimum atomic E-state index is -0.561. The molecule has 0 spiro atoms. The Balaban J connectivity index is 2.40. The number of alkyl carbamates (subject to hydrolysis) is 1. The van der Waals surface area contributed by atoms with E-state index in [1.165, 1.54) is 37.1 Å². The second kappa shape index (κ2) is 9.85. The van der Waals surface area contributed by atoms with Gasteiger partial charge in [-0.05, 0) is 26.8 Å². The molecule has 0 aliphatic rings. The van der Waals surface area contributed by atoms with Crippen LogP contribution in [-0.4, -0.2) is 47.7 Å². The fourth-order valence-electron chi connectivity index (χ4n) is 1.80. The lowest BCUT2D eigenvalue weighted by atomic mass is 10.2. The van der Waals surface area contributed by atoms with Crippen LogP contribution in [0.3, 0.4) is 0 Å². The first-order valence-corrected chi connectivity index (χ1v) is 8.94. The van der Waals surface area contributed by atoms with Crippen molar-refractivity contribution in [2.75, 3.05) is 30.5 Å². The molecule has 0 fully saturated rings. The van der Waals surface area contributed by atoms with E-state index in [1.807, 2.05) is 0 Å². The number of benzene rings is 1. The number of nitro groups is 1. The van der Waals surface area contributed by atoms with Gasteiger partial charge in [0.25, 0.3) is 5.69 Å². The molecule has 144 valence electrons. The molecule has 1 rings (SSSR count). The Morgan fingerprint density at radius 1 is 1.31 bits per heavy atom. The highest BCUT2D eigenvalue weighted by molar-refractivity contribution is 7.99. The van der Waals surface area contributed by atoms with Crippen molar-refractivity contribution in [3.05, 3.63) is 28.3 Å². The molecule has 0 aliphatic carbocycles. The minimum absolute atomic E-state index is 0.127. The largest absolute Gasteiger partial charge is 0.495 e. The van der Waals surface area contributed by atoms with Crippen LogP contribution in [0.1, 0.15) is 20.8 Å². The topological polar surface area (TPSA) is 120 Å². The molecule has 0 aliphatic heterocycles. The van der Waals surface area contributed by atoms with E-state index < -0.39 is 16.6 Å². The standard InChI is InChI=1S/C16H23N3O6S/c1-16(2,3)25-15(21)17-7-8-26-10-14(20)18-12-9-11(19(22)23)5-6-13(12)24-4/h5-6,9H,7-8,10H2,1-4H3,(H,17,21)(H,18,20). The molecule has 10 heteroatoms. The monoisotopic (exact) mass is 385 g/mol. The number of non-ortho nitro benzene ring substituents is 1. The molecule has 0 saturated carbocycles. The van der Waals surface area contributed by atoms with Crippen LogP contribution in [0.4, 0.5) is 16.2 Å². The van der Waals surface area contributed by atoms with Crippen molar-refractivity contribution in [2.45, 2.75) is 26.4 Å². The van der Waals surface area contributed by atoms with Crippen molar-refractivity contribution in [3.8, 4) is 5.75 Å². The number of thioether (sulfide) groups is 1. The lowest BCUT2D eigenvalue weighted by molar-refractivity contribution is -0.384. The molecule has 0 unspecified atom stereocenters. The van der Waals surface area contributed by atoms with Crippen LogP contribution in [0, 0.1) is 10.1 Å². The molecule has 9 nitrogen and oxygen atoms in total. The van der Waals surface area contributed by atoms with Crippen molar-refractivity contribution in [2.24, 2.45) is 0 Å². The number of amides is 2. The molecule has 1 aromatic carbocycles. The lowest BCUT2D eigenvalue weighted by Gasteiger charge is -2.19.